The number of aryl methyl sites for hydroxylation is 2. The molecule has 0 radical (unpaired) electrons. The number of amides is 1. The number of ether oxygens (including phenoxy) is 2. The zero-order valence-corrected chi connectivity index (χ0v) is 19.1. The summed E-state index contributed by atoms with van der Waals surface area (Å²) in [6, 6.07) is 8.83. The molecule has 1 aliphatic heterocycles. The molecule has 0 aliphatic carbocycles. The van der Waals surface area contributed by atoms with Gasteiger partial charge >= 0.3 is 5.97 Å². The predicted octanol–water partition coefficient (Wildman–Crippen LogP) is 3.93. The maximum atomic E-state index is 13.3. The number of methoxy groups -OCH3 is 2. The third-order valence-corrected chi connectivity index (χ3v) is 6.35. The Morgan fingerprint density at radius 3 is 2.39 bits per heavy atom. The minimum Gasteiger partial charge on any atom is -0.503 e. The average Bonchev–Trinajstić information content (AvgIpc) is 3.49. The van der Waals surface area contributed by atoms with Crippen LogP contribution in [0.5, 0.6) is 5.75 Å². The van der Waals surface area contributed by atoms with Gasteiger partial charge in [-0.1, -0.05) is 23.5 Å². The van der Waals surface area contributed by atoms with Crippen LogP contribution in [0.4, 0.5) is 5.13 Å². The van der Waals surface area contributed by atoms with Crippen molar-refractivity contribution in [2.45, 2.75) is 19.9 Å². The van der Waals surface area contributed by atoms with E-state index in [9.17, 15) is 19.5 Å². The van der Waals surface area contributed by atoms with Crippen molar-refractivity contribution in [3.8, 4) is 5.75 Å². The second-order valence-electron chi connectivity index (χ2n) is 7.26. The molecule has 10 heteroatoms. The largest absolute Gasteiger partial charge is 0.503 e. The fourth-order valence-corrected chi connectivity index (χ4v) is 4.60. The molecular formula is C23H20N2O7S. The van der Waals surface area contributed by atoms with E-state index in [-0.39, 0.29) is 21.3 Å². The molecule has 1 aromatic carbocycles. The van der Waals surface area contributed by atoms with E-state index < -0.39 is 29.5 Å². The van der Waals surface area contributed by atoms with Gasteiger partial charge in [0, 0.05) is 0 Å². The molecule has 3 aromatic rings. The second kappa shape index (κ2) is 8.55. The van der Waals surface area contributed by atoms with Gasteiger partial charge < -0.3 is 19.0 Å². The van der Waals surface area contributed by atoms with Crippen molar-refractivity contribution in [2.75, 3.05) is 19.1 Å². The Morgan fingerprint density at radius 1 is 1.12 bits per heavy atom. The number of aliphatic hydroxyl groups excluding tert-OH is 1. The molecule has 2 aromatic heterocycles. The molecule has 33 heavy (non-hydrogen) atoms. The summed E-state index contributed by atoms with van der Waals surface area (Å²) in [6.07, 6.45) is 0. The van der Waals surface area contributed by atoms with Crippen LogP contribution in [-0.2, 0) is 9.53 Å². The quantitative estimate of drug-likeness (QED) is 0.427. The predicted molar refractivity (Wildman–Crippen MR) is 119 cm³/mol. The summed E-state index contributed by atoms with van der Waals surface area (Å²) >= 11 is 0.937. The van der Waals surface area contributed by atoms with Gasteiger partial charge in [-0.3, -0.25) is 14.5 Å². The molecule has 1 atom stereocenters. The standard InChI is InChI=1S/C23H20N2O7S/c1-11-5-10-15(32-11)18(26)16-17(13-6-8-14(30-3)9-7-13)25(21(28)19(16)27)23-24-12(2)20(33-23)22(29)31-4/h5-10,17,27H,1-4H3/t17-/m1/s1. The number of aliphatic hydroxyl groups is 1. The van der Waals surface area contributed by atoms with E-state index in [1.165, 1.54) is 25.2 Å². The van der Waals surface area contributed by atoms with Crippen molar-refractivity contribution in [1.29, 1.82) is 0 Å². The van der Waals surface area contributed by atoms with Crippen LogP contribution in [0.25, 0.3) is 0 Å². The van der Waals surface area contributed by atoms with E-state index in [1.54, 1.807) is 44.2 Å². The summed E-state index contributed by atoms with van der Waals surface area (Å²) in [7, 11) is 2.77. The van der Waals surface area contributed by atoms with E-state index in [4.69, 9.17) is 13.9 Å². The molecule has 0 saturated heterocycles. The Labute approximate surface area is 192 Å². The number of ketones is 1. The maximum absolute atomic E-state index is 13.3. The Hall–Kier alpha value is -3.92. The number of nitrogens with zero attached hydrogens (tertiary/aromatic N) is 2. The van der Waals surface area contributed by atoms with Gasteiger partial charge in [0.25, 0.3) is 5.91 Å². The highest BCUT2D eigenvalue weighted by Gasteiger charge is 2.46. The van der Waals surface area contributed by atoms with Crippen molar-refractivity contribution >= 4 is 34.1 Å². The fraction of sp³-hybridized carbons (Fsp3) is 0.217. The second-order valence-corrected chi connectivity index (χ2v) is 8.23. The highest BCUT2D eigenvalue weighted by Crippen LogP contribution is 2.44. The van der Waals surface area contributed by atoms with E-state index in [0.717, 1.165) is 11.3 Å². The Kier molecular flexibility index (Phi) is 5.77. The highest BCUT2D eigenvalue weighted by molar-refractivity contribution is 7.17. The molecule has 0 bridgehead atoms. The van der Waals surface area contributed by atoms with Crippen molar-refractivity contribution in [3.05, 3.63) is 75.4 Å². The molecule has 0 spiro atoms. The van der Waals surface area contributed by atoms with Crippen LogP contribution in [0.2, 0.25) is 0 Å². The SMILES string of the molecule is COC(=O)c1sc(N2C(=O)C(O)=C(C(=O)c3ccc(C)o3)[C@H]2c2ccc(OC)cc2)nc1C. The van der Waals surface area contributed by atoms with Crippen LogP contribution in [0.3, 0.4) is 0 Å². The molecule has 170 valence electrons. The molecule has 0 unspecified atom stereocenters. The maximum Gasteiger partial charge on any atom is 0.350 e. The van der Waals surface area contributed by atoms with Gasteiger partial charge in [-0.05, 0) is 43.7 Å². The lowest BCUT2D eigenvalue weighted by Gasteiger charge is -2.24. The van der Waals surface area contributed by atoms with Crippen molar-refractivity contribution in [1.82, 2.24) is 4.98 Å². The summed E-state index contributed by atoms with van der Waals surface area (Å²) in [4.78, 5) is 44.4. The van der Waals surface area contributed by atoms with Gasteiger partial charge in [-0.2, -0.15) is 0 Å². The monoisotopic (exact) mass is 468 g/mol. The normalized spacial score (nSPS) is 15.8. The zero-order valence-electron chi connectivity index (χ0n) is 18.2. The van der Waals surface area contributed by atoms with Gasteiger partial charge in [-0.25, -0.2) is 9.78 Å². The molecule has 3 heterocycles. The van der Waals surface area contributed by atoms with Gasteiger partial charge in [0.1, 0.15) is 16.4 Å². The van der Waals surface area contributed by atoms with Gasteiger partial charge in [0.15, 0.2) is 16.7 Å². The number of rotatable bonds is 6. The number of hydrogen-bond acceptors (Lipinski definition) is 9. The van der Waals surface area contributed by atoms with Crippen LogP contribution in [0, 0.1) is 13.8 Å². The molecule has 0 saturated carbocycles. The molecular weight excluding hydrogens is 448 g/mol. The van der Waals surface area contributed by atoms with Crippen LogP contribution in [0.1, 0.15) is 43.3 Å². The third kappa shape index (κ3) is 3.78. The van der Waals surface area contributed by atoms with E-state index in [0.29, 0.717) is 22.8 Å². The fourth-order valence-electron chi connectivity index (χ4n) is 3.59. The molecule has 1 N–H and O–H groups in total. The van der Waals surface area contributed by atoms with Crippen molar-refractivity contribution in [3.63, 3.8) is 0 Å². The number of carbonyl (C=O) groups is 3. The molecule has 1 amide bonds. The zero-order chi connectivity index (χ0) is 23.9. The number of aromatic nitrogens is 1. The number of Topliss-reactive ketones (excluding diaryl/α,β-unsaturated/α-hetero) is 1. The summed E-state index contributed by atoms with van der Waals surface area (Å²) in [5.74, 6) is -1.65. The number of hydrogen-bond donors (Lipinski definition) is 1. The lowest BCUT2D eigenvalue weighted by molar-refractivity contribution is -0.117. The number of anilines is 1. The van der Waals surface area contributed by atoms with Crippen LogP contribution in [0.15, 0.2) is 52.1 Å². The number of benzene rings is 1. The van der Waals surface area contributed by atoms with E-state index >= 15 is 0 Å². The first-order chi connectivity index (χ1) is 15.8. The van der Waals surface area contributed by atoms with E-state index in [2.05, 4.69) is 4.98 Å². The molecule has 4 rings (SSSR count). The number of carbonyl (C=O) groups excluding carboxylic acids is 3. The summed E-state index contributed by atoms with van der Waals surface area (Å²) in [5.41, 5.74) is 0.753. The minimum absolute atomic E-state index is 0.00668. The Morgan fingerprint density at radius 2 is 1.82 bits per heavy atom. The van der Waals surface area contributed by atoms with Crippen LogP contribution in [-0.4, -0.2) is 42.0 Å². The number of esters is 1. The third-order valence-electron chi connectivity index (χ3n) is 5.21. The highest BCUT2D eigenvalue weighted by atomic mass is 32.1. The van der Waals surface area contributed by atoms with Gasteiger partial charge in [0.05, 0.1) is 31.5 Å². The van der Waals surface area contributed by atoms with E-state index in [1.807, 2.05) is 0 Å². The smallest absolute Gasteiger partial charge is 0.350 e. The molecule has 0 fully saturated rings. The van der Waals surface area contributed by atoms with Crippen molar-refractivity contribution < 1.29 is 33.4 Å². The topological polar surface area (TPSA) is 119 Å². The lowest BCUT2D eigenvalue weighted by atomic mass is 9.95. The van der Waals surface area contributed by atoms with Crippen LogP contribution >= 0.6 is 11.3 Å². The number of furan rings is 1. The lowest BCUT2D eigenvalue weighted by Crippen LogP contribution is -2.31. The summed E-state index contributed by atoms with van der Waals surface area (Å²) < 4.78 is 15.4. The molecule has 9 nitrogen and oxygen atoms in total. The first kappa shape index (κ1) is 22.3. The van der Waals surface area contributed by atoms with Crippen LogP contribution < -0.4 is 9.64 Å². The summed E-state index contributed by atoms with van der Waals surface area (Å²) in [6.45, 7) is 3.30. The Bertz CT molecular complexity index is 1290. The van der Waals surface area contributed by atoms with Gasteiger partial charge in [0.2, 0.25) is 5.78 Å². The average molecular weight is 468 g/mol. The van der Waals surface area contributed by atoms with Gasteiger partial charge in [-0.15, -0.1) is 0 Å². The summed E-state index contributed by atoms with van der Waals surface area (Å²) in [5, 5.41) is 10.9. The Balaban J connectivity index is 1.86. The molecule has 1 aliphatic rings. The first-order valence-electron chi connectivity index (χ1n) is 9.84. The van der Waals surface area contributed by atoms with Crippen molar-refractivity contribution in [2.24, 2.45) is 0 Å². The minimum atomic E-state index is -1.00. The number of thiazole rings is 1. The first-order valence-corrected chi connectivity index (χ1v) is 10.7.